The topological polar surface area (TPSA) is 88.5 Å². The number of nitrogens with zero attached hydrogens (tertiary/aromatic N) is 2. The zero-order valence-electron chi connectivity index (χ0n) is 25.1. The van der Waals surface area contributed by atoms with E-state index in [0.29, 0.717) is 66.5 Å². The van der Waals surface area contributed by atoms with Gasteiger partial charge < -0.3 is 29.1 Å². The third-order valence-corrected chi connectivity index (χ3v) is 6.82. The molecule has 1 N–H and O–H groups in total. The second-order valence-corrected chi connectivity index (χ2v) is 11.4. The molecule has 1 fully saturated rings. The number of likely N-dealkylation sites (tertiary alicyclic amines) is 1. The van der Waals surface area contributed by atoms with Gasteiger partial charge in [-0.05, 0) is 80.7 Å². The van der Waals surface area contributed by atoms with Crippen molar-refractivity contribution in [1.29, 1.82) is 0 Å². The average Bonchev–Trinajstić information content (AvgIpc) is 3.15. The number of hydrogen-bond donors (Lipinski definition) is 1. The summed E-state index contributed by atoms with van der Waals surface area (Å²) in [4.78, 5) is 30.2. The van der Waals surface area contributed by atoms with E-state index in [0.717, 1.165) is 12.0 Å². The van der Waals surface area contributed by atoms with Crippen LogP contribution in [-0.4, -0.2) is 74.1 Å². The van der Waals surface area contributed by atoms with E-state index in [-0.39, 0.29) is 11.3 Å². The molecular formula is C32H44N2O6. The molecule has 40 heavy (non-hydrogen) atoms. The molecule has 0 aromatic heterocycles. The Hall–Kier alpha value is -3.52. The van der Waals surface area contributed by atoms with Gasteiger partial charge in [0.05, 0.1) is 31.9 Å². The van der Waals surface area contributed by atoms with Crippen molar-refractivity contribution in [3.8, 4) is 17.2 Å². The minimum Gasteiger partial charge on any atom is -0.507 e. The summed E-state index contributed by atoms with van der Waals surface area (Å²) in [5.41, 5.74) is 1.93. The highest BCUT2D eigenvalue weighted by Gasteiger charge is 2.46. The fourth-order valence-corrected chi connectivity index (χ4v) is 4.54. The Morgan fingerprint density at radius 3 is 2.33 bits per heavy atom. The fourth-order valence-electron chi connectivity index (χ4n) is 4.54. The maximum atomic E-state index is 13.4. The largest absolute Gasteiger partial charge is 0.507 e. The molecule has 1 unspecified atom stereocenters. The molecule has 1 saturated heterocycles. The van der Waals surface area contributed by atoms with Crippen LogP contribution in [0.2, 0.25) is 0 Å². The maximum Gasteiger partial charge on any atom is 0.295 e. The molecule has 2 aromatic carbocycles. The molecule has 1 amide bonds. The number of Topliss-reactive ketones (excluding diaryl/α,β-unsaturated/α-hetero) is 1. The number of carbonyl (C=O) groups is 2. The van der Waals surface area contributed by atoms with Gasteiger partial charge in [0.2, 0.25) is 0 Å². The number of rotatable bonds is 13. The summed E-state index contributed by atoms with van der Waals surface area (Å²) in [6.07, 6.45) is 0.899. The Labute approximate surface area is 238 Å². The molecular weight excluding hydrogens is 508 g/mol. The van der Waals surface area contributed by atoms with Gasteiger partial charge in [0.25, 0.3) is 11.7 Å². The second kappa shape index (κ2) is 13.7. The van der Waals surface area contributed by atoms with E-state index >= 15 is 0 Å². The zero-order chi connectivity index (χ0) is 29.6. The molecule has 3 rings (SSSR count). The van der Waals surface area contributed by atoms with Gasteiger partial charge in [-0.3, -0.25) is 9.59 Å². The molecule has 0 bridgehead atoms. The van der Waals surface area contributed by atoms with Gasteiger partial charge in [-0.2, -0.15) is 0 Å². The lowest BCUT2D eigenvalue weighted by Gasteiger charge is -2.27. The third-order valence-electron chi connectivity index (χ3n) is 6.82. The van der Waals surface area contributed by atoms with Gasteiger partial charge in [0.1, 0.15) is 11.5 Å². The molecule has 0 saturated carbocycles. The standard InChI is InChI=1S/C32H44N2O6/c1-20(2)13-16-39-26-12-9-23(18-27(26)38-8)29-28(31(36)32(37)34(29)15-14-33(6)7)30(35)25-11-10-24(17-22(25)5)40-19-21(3)4/h9-12,17-18,20-21,29,35H,13-16,19H2,1-8H3. The lowest BCUT2D eigenvalue weighted by molar-refractivity contribution is -0.140. The highest BCUT2D eigenvalue weighted by molar-refractivity contribution is 6.46. The summed E-state index contributed by atoms with van der Waals surface area (Å²) in [5, 5.41) is 11.5. The van der Waals surface area contributed by atoms with Crippen LogP contribution in [-0.2, 0) is 9.59 Å². The van der Waals surface area contributed by atoms with Gasteiger partial charge in [0.15, 0.2) is 11.5 Å². The summed E-state index contributed by atoms with van der Waals surface area (Å²) < 4.78 is 17.4. The SMILES string of the molecule is COc1cc(C2C(=C(O)c3ccc(OCC(C)C)cc3C)C(=O)C(=O)N2CCN(C)C)ccc1OCCC(C)C. The van der Waals surface area contributed by atoms with Crippen LogP contribution in [0.25, 0.3) is 5.76 Å². The number of ether oxygens (including phenoxy) is 3. The monoisotopic (exact) mass is 552 g/mol. The van der Waals surface area contributed by atoms with Crippen molar-refractivity contribution in [2.24, 2.45) is 11.8 Å². The van der Waals surface area contributed by atoms with E-state index in [1.165, 1.54) is 4.90 Å². The van der Waals surface area contributed by atoms with Crippen molar-refractivity contribution < 1.29 is 28.9 Å². The maximum absolute atomic E-state index is 13.4. The number of ketones is 1. The number of aryl methyl sites for hydroxylation is 1. The molecule has 0 aliphatic carbocycles. The zero-order valence-corrected chi connectivity index (χ0v) is 25.1. The van der Waals surface area contributed by atoms with Crippen LogP contribution in [0.1, 0.15) is 56.8 Å². The van der Waals surface area contributed by atoms with Crippen molar-refractivity contribution >= 4 is 17.4 Å². The number of aliphatic hydroxyl groups excluding tert-OH is 1. The summed E-state index contributed by atoms with van der Waals surface area (Å²) in [6, 6.07) is 9.97. The second-order valence-electron chi connectivity index (χ2n) is 11.4. The van der Waals surface area contributed by atoms with Crippen molar-refractivity contribution in [1.82, 2.24) is 9.80 Å². The molecule has 1 aliphatic rings. The van der Waals surface area contributed by atoms with E-state index in [4.69, 9.17) is 14.2 Å². The minimum absolute atomic E-state index is 0.0539. The summed E-state index contributed by atoms with van der Waals surface area (Å²) >= 11 is 0. The van der Waals surface area contributed by atoms with E-state index in [1.807, 2.05) is 38.1 Å². The number of likely N-dealkylation sites (N-methyl/N-ethyl adjacent to an activating group) is 1. The number of carbonyl (C=O) groups excluding carboxylic acids is 2. The first-order valence-corrected chi connectivity index (χ1v) is 13.9. The van der Waals surface area contributed by atoms with E-state index in [1.54, 1.807) is 31.4 Å². The first-order chi connectivity index (χ1) is 18.9. The van der Waals surface area contributed by atoms with Crippen LogP contribution in [0.4, 0.5) is 0 Å². The van der Waals surface area contributed by atoms with Crippen LogP contribution >= 0.6 is 0 Å². The van der Waals surface area contributed by atoms with Gasteiger partial charge in [-0.25, -0.2) is 0 Å². The van der Waals surface area contributed by atoms with Crippen LogP contribution in [0.15, 0.2) is 42.0 Å². The molecule has 8 heteroatoms. The van der Waals surface area contributed by atoms with Crippen LogP contribution in [0.5, 0.6) is 17.2 Å². The predicted octanol–water partition coefficient (Wildman–Crippen LogP) is 5.45. The summed E-state index contributed by atoms with van der Waals surface area (Å²) in [6.45, 7) is 12.2. The van der Waals surface area contributed by atoms with E-state index < -0.39 is 17.7 Å². The first kappa shape index (κ1) is 31.0. The molecule has 0 radical (unpaired) electrons. The number of aliphatic hydroxyl groups is 1. The highest BCUT2D eigenvalue weighted by Crippen LogP contribution is 2.42. The number of methoxy groups -OCH3 is 1. The molecule has 8 nitrogen and oxygen atoms in total. The van der Waals surface area contributed by atoms with Crippen molar-refractivity contribution in [2.45, 2.75) is 47.1 Å². The number of benzene rings is 2. The van der Waals surface area contributed by atoms with Crippen molar-refractivity contribution in [3.63, 3.8) is 0 Å². The molecule has 0 spiro atoms. The lowest BCUT2D eigenvalue weighted by Crippen LogP contribution is -2.35. The summed E-state index contributed by atoms with van der Waals surface area (Å²) in [5.74, 6) is 1.09. The molecule has 218 valence electrons. The Bertz CT molecular complexity index is 1230. The Morgan fingerprint density at radius 2 is 1.73 bits per heavy atom. The van der Waals surface area contributed by atoms with E-state index in [9.17, 15) is 14.7 Å². The van der Waals surface area contributed by atoms with Crippen molar-refractivity contribution in [2.75, 3.05) is 47.5 Å². The Kier molecular flexibility index (Phi) is 10.6. The van der Waals surface area contributed by atoms with Gasteiger partial charge in [-0.15, -0.1) is 0 Å². The molecule has 1 atom stereocenters. The third kappa shape index (κ3) is 7.36. The minimum atomic E-state index is -0.783. The fraction of sp³-hybridized carbons (Fsp3) is 0.500. The predicted molar refractivity (Wildman–Crippen MR) is 157 cm³/mol. The number of amides is 1. The smallest absolute Gasteiger partial charge is 0.295 e. The normalized spacial score (nSPS) is 16.9. The number of hydrogen-bond acceptors (Lipinski definition) is 7. The Morgan fingerprint density at radius 1 is 1.00 bits per heavy atom. The van der Waals surface area contributed by atoms with Crippen LogP contribution in [0, 0.1) is 18.8 Å². The van der Waals surface area contributed by atoms with Crippen LogP contribution in [0.3, 0.4) is 0 Å². The lowest BCUT2D eigenvalue weighted by atomic mass is 9.93. The van der Waals surface area contributed by atoms with Gasteiger partial charge in [0, 0.05) is 18.7 Å². The molecule has 1 heterocycles. The van der Waals surface area contributed by atoms with Crippen molar-refractivity contribution in [3.05, 3.63) is 58.7 Å². The van der Waals surface area contributed by atoms with Gasteiger partial charge in [-0.1, -0.05) is 33.8 Å². The van der Waals surface area contributed by atoms with E-state index in [2.05, 4.69) is 27.7 Å². The summed E-state index contributed by atoms with van der Waals surface area (Å²) in [7, 11) is 5.37. The molecule has 2 aromatic rings. The quantitative estimate of drug-likeness (QED) is 0.201. The van der Waals surface area contributed by atoms with Crippen LogP contribution < -0.4 is 14.2 Å². The van der Waals surface area contributed by atoms with Gasteiger partial charge >= 0.3 is 0 Å². The Balaban J connectivity index is 2.08. The average molecular weight is 553 g/mol. The first-order valence-electron chi connectivity index (χ1n) is 13.9. The highest BCUT2D eigenvalue weighted by atomic mass is 16.5. The molecule has 1 aliphatic heterocycles.